The maximum Gasteiger partial charge on any atom is 0.234 e. The van der Waals surface area contributed by atoms with Crippen LogP contribution in [0.3, 0.4) is 0 Å². The number of nitrogens with one attached hydrogen (secondary N) is 1. The molecule has 0 aliphatic rings. The molecule has 2 rings (SSSR count). The first-order valence-corrected chi connectivity index (χ1v) is 7.21. The Bertz CT molecular complexity index is 661. The number of hydrogen-bond acceptors (Lipinski definition) is 3. The molecule has 0 spiro atoms. The van der Waals surface area contributed by atoms with Crippen molar-refractivity contribution in [3.63, 3.8) is 0 Å². The number of carbonyl (C=O) groups is 1. The van der Waals surface area contributed by atoms with Gasteiger partial charge in [0, 0.05) is 11.6 Å². The lowest BCUT2D eigenvalue weighted by molar-refractivity contribution is -0.120. The monoisotopic (exact) mass is 314 g/mol. The lowest BCUT2D eigenvalue weighted by Crippen LogP contribution is -2.24. The molecule has 0 aliphatic heterocycles. The van der Waals surface area contributed by atoms with Crippen molar-refractivity contribution >= 4 is 17.5 Å². The van der Waals surface area contributed by atoms with E-state index in [1.807, 2.05) is 30.3 Å². The average Bonchev–Trinajstić information content (AvgIpc) is 2.52. The third kappa shape index (κ3) is 5.12. The second-order valence-corrected chi connectivity index (χ2v) is 5.07. The molecule has 0 fully saturated rings. The average molecular weight is 315 g/mol. The summed E-state index contributed by atoms with van der Waals surface area (Å²) in [7, 11) is 0. The number of ether oxygens (including phenoxy) is 1. The van der Waals surface area contributed by atoms with E-state index < -0.39 is 0 Å². The Kier molecular flexibility index (Phi) is 5.81. The van der Waals surface area contributed by atoms with Crippen LogP contribution < -0.4 is 10.1 Å². The van der Waals surface area contributed by atoms with Gasteiger partial charge >= 0.3 is 0 Å². The number of nitriles is 1. The largest absolute Gasteiger partial charge is 0.457 e. The van der Waals surface area contributed by atoms with Gasteiger partial charge < -0.3 is 10.1 Å². The van der Waals surface area contributed by atoms with E-state index in [9.17, 15) is 4.79 Å². The molecule has 0 aromatic heterocycles. The quantitative estimate of drug-likeness (QED) is 0.884. The van der Waals surface area contributed by atoms with Crippen LogP contribution in [0.1, 0.15) is 12.0 Å². The first-order chi connectivity index (χ1) is 10.7. The molecular weight excluding hydrogens is 300 g/mol. The van der Waals surface area contributed by atoms with E-state index in [1.165, 1.54) is 0 Å². The molecule has 0 saturated heterocycles. The smallest absolute Gasteiger partial charge is 0.234 e. The standard InChI is InChI=1S/C17H15ClN2O2/c18-14-3-7-16(8-4-14)22-15-5-1-13(2-6-15)10-12-20-17(21)9-11-19/h1-8H,9-10,12H2,(H,20,21). The number of nitrogens with zero attached hydrogens (tertiary/aromatic N) is 1. The van der Waals surface area contributed by atoms with E-state index in [0.717, 1.165) is 17.1 Å². The van der Waals surface area contributed by atoms with Crippen molar-refractivity contribution in [3.8, 4) is 17.6 Å². The molecule has 5 heteroatoms. The fraction of sp³-hybridized carbons (Fsp3) is 0.176. The predicted octanol–water partition coefficient (Wildman–Crippen LogP) is 3.70. The summed E-state index contributed by atoms with van der Waals surface area (Å²) in [6, 6.07) is 16.6. The molecule has 2 aromatic carbocycles. The van der Waals surface area contributed by atoms with E-state index in [0.29, 0.717) is 18.0 Å². The fourth-order valence-electron chi connectivity index (χ4n) is 1.84. The van der Waals surface area contributed by atoms with Gasteiger partial charge in [0.25, 0.3) is 0 Å². The van der Waals surface area contributed by atoms with Gasteiger partial charge in [0.15, 0.2) is 0 Å². The van der Waals surface area contributed by atoms with Gasteiger partial charge in [0.05, 0.1) is 6.07 Å². The molecule has 0 unspecified atom stereocenters. The molecule has 2 aromatic rings. The third-order valence-corrected chi connectivity index (χ3v) is 3.20. The predicted molar refractivity (Wildman–Crippen MR) is 84.9 cm³/mol. The Morgan fingerprint density at radius 3 is 2.27 bits per heavy atom. The van der Waals surface area contributed by atoms with Crippen LogP contribution in [0.25, 0.3) is 0 Å². The summed E-state index contributed by atoms with van der Waals surface area (Å²) < 4.78 is 5.70. The number of amides is 1. The van der Waals surface area contributed by atoms with Gasteiger partial charge in [-0.1, -0.05) is 23.7 Å². The molecule has 112 valence electrons. The van der Waals surface area contributed by atoms with E-state index in [4.69, 9.17) is 21.6 Å². The first-order valence-electron chi connectivity index (χ1n) is 6.83. The third-order valence-electron chi connectivity index (χ3n) is 2.95. The molecule has 0 bridgehead atoms. The minimum atomic E-state index is -0.245. The Morgan fingerprint density at radius 1 is 1.09 bits per heavy atom. The van der Waals surface area contributed by atoms with E-state index in [2.05, 4.69) is 5.32 Å². The van der Waals surface area contributed by atoms with Gasteiger partial charge in [-0.2, -0.15) is 5.26 Å². The number of rotatable bonds is 6. The number of hydrogen-bond donors (Lipinski definition) is 1. The number of halogens is 1. The van der Waals surface area contributed by atoms with Crippen LogP contribution in [0.5, 0.6) is 11.5 Å². The summed E-state index contributed by atoms with van der Waals surface area (Å²) in [5, 5.41) is 11.7. The van der Waals surface area contributed by atoms with Crippen LogP contribution in [0.15, 0.2) is 48.5 Å². The molecule has 0 aliphatic carbocycles. The fourth-order valence-corrected chi connectivity index (χ4v) is 1.97. The zero-order valence-electron chi connectivity index (χ0n) is 11.9. The Labute approximate surface area is 134 Å². The van der Waals surface area contributed by atoms with Crippen LogP contribution >= 0.6 is 11.6 Å². The second kappa shape index (κ2) is 8.06. The van der Waals surface area contributed by atoms with Crippen molar-refractivity contribution in [1.29, 1.82) is 5.26 Å². The van der Waals surface area contributed by atoms with Gasteiger partial charge in [-0.15, -0.1) is 0 Å². The maximum atomic E-state index is 11.2. The molecule has 1 N–H and O–H groups in total. The summed E-state index contributed by atoms with van der Waals surface area (Å²) in [5.74, 6) is 1.21. The molecule has 4 nitrogen and oxygen atoms in total. The van der Waals surface area contributed by atoms with Crippen LogP contribution in [0.2, 0.25) is 5.02 Å². The van der Waals surface area contributed by atoms with Gasteiger partial charge in [0.2, 0.25) is 5.91 Å². The Morgan fingerprint density at radius 2 is 1.68 bits per heavy atom. The molecule has 0 heterocycles. The van der Waals surface area contributed by atoms with Crippen molar-refractivity contribution in [1.82, 2.24) is 5.32 Å². The zero-order valence-corrected chi connectivity index (χ0v) is 12.6. The normalized spacial score (nSPS) is 9.82. The van der Waals surface area contributed by atoms with Crippen molar-refractivity contribution in [2.24, 2.45) is 0 Å². The van der Waals surface area contributed by atoms with Gasteiger partial charge in [-0.3, -0.25) is 4.79 Å². The van der Waals surface area contributed by atoms with Crippen molar-refractivity contribution in [3.05, 3.63) is 59.1 Å². The SMILES string of the molecule is N#CCC(=O)NCCc1ccc(Oc2ccc(Cl)cc2)cc1. The highest BCUT2D eigenvalue weighted by Gasteiger charge is 2.01. The van der Waals surface area contributed by atoms with Crippen LogP contribution in [0, 0.1) is 11.3 Å². The van der Waals surface area contributed by atoms with Gasteiger partial charge in [-0.25, -0.2) is 0 Å². The lowest BCUT2D eigenvalue weighted by Gasteiger charge is -2.07. The number of carbonyl (C=O) groups excluding carboxylic acids is 1. The zero-order chi connectivity index (χ0) is 15.8. The summed E-state index contributed by atoms with van der Waals surface area (Å²) in [4.78, 5) is 11.2. The summed E-state index contributed by atoms with van der Waals surface area (Å²) in [5.41, 5.74) is 1.08. The molecule has 22 heavy (non-hydrogen) atoms. The van der Waals surface area contributed by atoms with E-state index >= 15 is 0 Å². The molecular formula is C17H15ClN2O2. The molecule has 0 atom stereocenters. The Balaban J connectivity index is 1.84. The van der Waals surface area contributed by atoms with Crippen molar-refractivity contribution < 1.29 is 9.53 Å². The minimum absolute atomic E-state index is 0.103. The van der Waals surface area contributed by atoms with Crippen LogP contribution in [-0.2, 0) is 11.2 Å². The summed E-state index contributed by atoms with van der Waals surface area (Å²) in [6.45, 7) is 0.512. The van der Waals surface area contributed by atoms with Crippen LogP contribution in [-0.4, -0.2) is 12.5 Å². The molecule has 0 radical (unpaired) electrons. The molecule has 0 saturated carbocycles. The van der Waals surface area contributed by atoms with Gasteiger partial charge in [0.1, 0.15) is 17.9 Å². The maximum absolute atomic E-state index is 11.2. The highest BCUT2D eigenvalue weighted by molar-refractivity contribution is 6.30. The number of benzene rings is 2. The van der Waals surface area contributed by atoms with E-state index in [1.54, 1.807) is 24.3 Å². The second-order valence-electron chi connectivity index (χ2n) is 4.63. The topological polar surface area (TPSA) is 62.1 Å². The molecule has 1 amide bonds. The van der Waals surface area contributed by atoms with E-state index in [-0.39, 0.29) is 12.3 Å². The summed E-state index contributed by atoms with van der Waals surface area (Å²) in [6.07, 6.45) is 0.603. The van der Waals surface area contributed by atoms with Crippen molar-refractivity contribution in [2.75, 3.05) is 6.54 Å². The highest BCUT2D eigenvalue weighted by atomic mass is 35.5. The lowest BCUT2D eigenvalue weighted by atomic mass is 10.1. The van der Waals surface area contributed by atoms with Gasteiger partial charge in [-0.05, 0) is 48.4 Å². The highest BCUT2D eigenvalue weighted by Crippen LogP contribution is 2.23. The first kappa shape index (κ1) is 15.9. The summed E-state index contributed by atoms with van der Waals surface area (Å²) >= 11 is 5.82. The minimum Gasteiger partial charge on any atom is -0.457 e. The van der Waals surface area contributed by atoms with Crippen LogP contribution in [0.4, 0.5) is 0 Å². The van der Waals surface area contributed by atoms with Crippen molar-refractivity contribution in [2.45, 2.75) is 12.8 Å². The Hall–Kier alpha value is -2.51.